The number of hydrogen-bond acceptors (Lipinski definition) is 14. The van der Waals surface area contributed by atoms with E-state index in [1.54, 1.807) is 24.3 Å². The van der Waals surface area contributed by atoms with Crippen molar-refractivity contribution in [3.8, 4) is 0 Å². The zero-order chi connectivity index (χ0) is 53.5. The number of allylic oxidation sites excluding steroid dienone is 6. The van der Waals surface area contributed by atoms with Gasteiger partial charge in [-0.15, -0.1) is 5.06 Å². The molecule has 0 aromatic heterocycles. The Kier molecular flexibility index (Phi) is 20.9. The molecule has 0 radical (unpaired) electrons. The van der Waals surface area contributed by atoms with Gasteiger partial charge in [0, 0.05) is 78.9 Å². The Morgan fingerprint density at radius 1 is 0.726 bits per heavy atom. The topological polar surface area (TPSA) is 317 Å². The van der Waals surface area contributed by atoms with E-state index < -0.39 is 86.5 Å². The molecule has 3 aliphatic heterocycles. The van der Waals surface area contributed by atoms with Crippen molar-refractivity contribution in [3.63, 3.8) is 0 Å². The second-order valence-electron chi connectivity index (χ2n) is 18.6. The molecule has 5 N–H and O–H groups in total. The Labute approximate surface area is 448 Å². The van der Waals surface area contributed by atoms with Crippen LogP contribution in [0.2, 0.25) is 0 Å². The van der Waals surface area contributed by atoms with Crippen LogP contribution in [0.1, 0.15) is 109 Å². The monoisotopic (exact) mass is 1110 g/mol. The van der Waals surface area contributed by atoms with E-state index in [0.717, 1.165) is 0 Å². The van der Waals surface area contributed by atoms with Gasteiger partial charge in [-0.25, -0.2) is 4.79 Å². The number of hydroxylamine groups is 2. The fraction of sp³-hybridized carbons (Fsp3) is 0.468. The molecule has 0 aliphatic carbocycles. The minimum atomic E-state index is -4.59. The number of carbonyl (C=O) groups is 4. The minimum absolute atomic E-state index is 0. The van der Waals surface area contributed by atoms with Gasteiger partial charge in [-0.1, -0.05) is 38.8 Å². The predicted molar refractivity (Wildman–Crippen MR) is 272 cm³/mol. The van der Waals surface area contributed by atoms with Crippen LogP contribution < -0.4 is 10.2 Å². The van der Waals surface area contributed by atoms with Crippen molar-refractivity contribution in [1.29, 1.82) is 0 Å². The van der Waals surface area contributed by atoms with Crippen LogP contribution in [0.15, 0.2) is 93.9 Å². The zero-order valence-electron chi connectivity index (χ0n) is 40.3. The third kappa shape index (κ3) is 16.5. The van der Waals surface area contributed by atoms with Crippen molar-refractivity contribution in [3.05, 3.63) is 95.3 Å². The van der Waals surface area contributed by atoms with Gasteiger partial charge in [-0.2, -0.15) is 38.2 Å². The van der Waals surface area contributed by atoms with Crippen molar-refractivity contribution in [1.82, 2.24) is 10.4 Å². The van der Waals surface area contributed by atoms with Crippen molar-refractivity contribution >= 4 is 111 Å². The van der Waals surface area contributed by atoms with E-state index >= 15 is 0 Å². The summed E-state index contributed by atoms with van der Waals surface area (Å²) < 4.78 is 135. The third-order valence-corrected chi connectivity index (χ3v) is 15.8. The number of benzene rings is 2. The quantitative estimate of drug-likeness (QED) is 0.0172. The van der Waals surface area contributed by atoms with Gasteiger partial charge in [0.1, 0.15) is 6.54 Å². The number of imide groups is 1. The Balaban J connectivity index is 0.0000116. The van der Waals surface area contributed by atoms with E-state index in [1.807, 2.05) is 37.2 Å². The molecule has 0 unspecified atom stereocenters. The average molecular weight is 1110 g/mol. The summed E-state index contributed by atoms with van der Waals surface area (Å²) in [6.45, 7) is 8.02. The predicted octanol–water partition coefficient (Wildman–Crippen LogP) is 4.64. The van der Waals surface area contributed by atoms with Crippen molar-refractivity contribution in [2.24, 2.45) is 0 Å². The number of carbonyl (C=O) groups excluding carboxylic acids is 4. The molecule has 1 fully saturated rings. The summed E-state index contributed by atoms with van der Waals surface area (Å²) >= 11 is 0. The first-order chi connectivity index (χ1) is 33.4. The first kappa shape index (κ1) is 61.1. The van der Waals surface area contributed by atoms with Crippen LogP contribution >= 0.6 is 0 Å². The Hall–Kier alpha value is -4.41. The van der Waals surface area contributed by atoms with Gasteiger partial charge >= 0.3 is 35.5 Å². The molecule has 2 aromatic carbocycles. The van der Waals surface area contributed by atoms with Crippen LogP contribution in [0.4, 0.5) is 11.4 Å². The van der Waals surface area contributed by atoms with Crippen LogP contribution in [0.3, 0.4) is 0 Å². The van der Waals surface area contributed by atoms with Gasteiger partial charge in [0.05, 0.1) is 26.7 Å². The molecule has 0 saturated carbocycles. The molecule has 396 valence electrons. The molecule has 3 heterocycles. The molecule has 0 spiro atoms. The Morgan fingerprint density at radius 3 is 1.90 bits per heavy atom. The molecule has 0 atom stereocenters. The van der Waals surface area contributed by atoms with Crippen LogP contribution in [-0.2, 0) is 75.3 Å². The van der Waals surface area contributed by atoms with Gasteiger partial charge < -0.3 is 15.1 Å². The zero-order valence-corrected chi connectivity index (χ0v) is 43.6. The summed E-state index contributed by atoms with van der Waals surface area (Å²) in [6, 6.07) is 8.27. The van der Waals surface area contributed by atoms with Gasteiger partial charge in [0.25, 0.3) is 58.2 Å². The summed E-state index contributed by atoms with van der Waals surface area (Å²) in [6.07, 6.45) is 12.6. The summed E-state index contributed by atoms with van der Waals surface area (Å²) in [5.41, 5.74) is 1.88. The Morgan fingerprint density at radius 2 is 1.30 bits per heavy atom. The molecule has 3 amide bonds. The number of rotatable bonds is 25. The van der Waals surface area contributed by atoms with Crippen LogP contribution in [0.5, 0.6) is 0 Å². The van der Waals surface area contributed by atoms with Crippen molar-refractivity contribution < 1.29 is 80.5 Å². The van der Waals surface area contributed by atoms with Gasteiger partial charge in [-0.3, -0.25) is 32.6 Å². The van der Waals surface area contributed by atoms with Crippen molar-refractivity contribution in [2.45, 2.75) is 119 Å². The van der Waals surface area contributed by atoms with E-state index in [1.165, 1.54) is 48.6 Å². The summed E-state index contributed by atoms with van der Waals surface area (Å²) in [7, 11) is -17.6. The number of nitrogens with one attached hydrogen (secondary N) is 1. The number of anilines is 1. The maximum absolute atomic E-state index is 14.0. The molecule has 1 saturated heterocycles. The molecule has 21 nitrogen and oxygen atoms in total. The third-order valence-electron chi connectivity index (χ3n) is 12.5. The molecule has 73 heavy (non-hydrogen) atoms. The summed E-state index contributed by atoms with van der Waals surface area (Å²) in [5.74, 6) is -3.31. The second-order valence-corrected chi connectivity index (χ2v) is 24.6. The molecule has 26 heteroatoms. The maximum atomic E-state index is 14.0. The van der Waals surface area contributed by atoms with E-state index in [4.69, 9.17) is 4.84 Å². The molecule has 2 aromatic rings. The summed E-state index contributed by atoms with van der Waals surface area (Å²) in [5, 5.41) is 3.39. The number of nitrogens with zero attached hydrogens (tertiary/aromatic N) is 3. The van der Waals surface area contributed by atoms with Crippen LogP contribution in [0, 0.1) is 0 Å². The number of unbranched alkanes of at least 4 members (excludes halogenated alkanes) is 5. The summed E-state index contributed by atoms with van der Waals surface area (Å²) in [4.78, 5) is 55.8. The SMILES string of the molecule is CC1(C)C(/C=C/C=C(/C=C/C=C2/N(CCCCS(=O)(=O)O)c3ccc(S(=O)(=O)O)cc3C2(C)C)C(=O)NCCCCCCC(=O)ON2C(=O)CCC2=O)=[N+](CCCCS(=O)(=O)O)c2ccc(S(=O)(=O)O)cc21.[NaH]. The van der Waals surface area contributed by atoms with E-state index in [2.05, 4.69) is 5.32 Å². The van der Waals surface area contributed by atoms with Gasteiger partial charge in [-0.05, 0) is 100 Å². The van der Waals surface area contributed by atoms with Crippen molar-refractivity contribution in [2.75, 3.05) is 36.0 Å². The number of hydrogen-bond donors (Lipinski definition) is 5. The van der Waals surface area contributed by atoms with Gasteiger partial charge in [0.15, 0.2) is 5.71 Å². The molecule has 5 rings (SSSR count). The first-order valence-electron chi connectivity index (χ1n) is 23.1. The van der Waals surface area contributed by atoms with E-state index in [9.17, 15) is 71.1 Å². The molecular formula is C47H62N4NaO17S4+. The average Bonchev–Trinajstić information content (AvgIpc) is 3.78. The first-order valence-corrected chi connectivity index (χ1v) is 29.2. The molecule has 0 bridgehead atoms. The molecule has 3 aliphatic rings. The van der Waals surface area contributed by atoms with E-state index in [-0.39, 0.29) is 96.7 Å². The van der Waals surface area contributed by atoms with Gasteiger partial charge in [0.2, 0.25) is 5.69 Å². The van der Waals surface area contributed by atoms with Crippen LogP contribution in [0.25, 0.3) is 0 Å². The van der Waals surface area contributed by atoms with Crippen LogP contribution in [-0.4, -0.2) is 152 Å². The molecular weight excluding hydrogens is 1040 g/mol. The fourth-order valence-electron chi connectivity index (χ4n) is 8.77. The number of amides is 3. The fourth-order valence-corrected chi connectivity index (χ4v) is 10.9. The van der Waals surface area contributed by atoms with E-state index in [0.29, 0.717) is 77.5 Å². The Bertz CT molecular complexity index is 3070. The number of fused-ring (bicyclic) bond motifs is 2. The standard InChI is InChI=1S/C47H60N4O17S4.Na.H/c1-46(2)36-31-34(71(62,63)64)20-22-38(36)49(27-9-11-29-69(56,57)58)40(46)17-13-15-33(45(55)48-26-8-6-5-7-19-44(54)68-51-42(52)24-25-43(51)53)16-14-18-41-47(3,4)37-32-35(72(65,66)67)21-23-39(37)50(41)28-10-12-30-70(59,60)61;;/h13-18,20-23,31-32H,5-12,19,24-30H2,1-4H3,(H4-,48,55,56,57,58,59,60,61,62,63,64,65,66,67);;/p+1. The normalized spacial score (nSPS) is 17.5. The second kappa shape index (κ2) is 25.0.